The number of hydrogen-bond acceptors (Lipinski definition) is 2. The van der Waals surface area contributed by atoms with Gasteiger partial charge in [0, 0.05) is 11.8 Å². The third-order valence-corrected chi connectivity index (χ3v) is 2.70. The molecule has 5 heteroatoms. The molecule has 0 aliphatic heterocycles. The van der Waals surface area contributed by atoms with Gasteiger partial charge in [0.2, 0.25) is 0 Å². The van der Waals surface area contributed by atoms with Crippen LogP contribution in [0.5, 0.6) is 0 Å². The van der Waals surface area contributed by atoms with E-state index in [1.165, 1.54) is 6.07 Å². The largest absolute Gasteiger partial charge is 0.330 e. The Kier molecular flexibility index (Phi) is 3.36. The van der Waals surface area contributed by atoms with Gasteiger partial charge in [0.1, 0.15) is 5.82 Å². The summed E-state index contributed by atoms with van der Waals surface area (Å²) in [4.78, 5) is 0. The lowest BCUT2D eigenvalue weighted by molar-refractivity contribution is 0.606. The van der Waals surface area contributed by atoms with Crippen molar-refractivity contribution in [1.82, 2.24) is 9.78 Å². The zero-order valence-electron chi connectivity index (χ0n) is 8.53. The van der Waals surface area contributed by atoms with E-state index in [4.69, 9.17) is 5.73 Å². The molecule has 0 amide bonds. The molecule has 0 spiro atoms. The van der Waals surface area contributed by atoms with Crippen molar-refractivity contribution in [2.75, 3.05) is 6.54 Å². The molecule has 1 aromatic carbocycles. The molecule has 0 radical (unpaired) electrons. The molecule has 0 fully saturated rings. The minimum absolute atomic E-state index is 0.241. The van der Waals surface area contributed by atoms with E-state index < -0.39 is 0 Å². The van der Waals surface area contributed by atoms with Gasteiger partial charge in [0.15, 0.2) is 0 Å². The van der Waals surface area contributed by atoms with Crippen molar-refractivity contribution in [1.29, 1.82) is 0 Å². The number of benzene rings is 1. The van der Waals surface area contributed by atoms with Gasteiger partial charge < -0.3 is 5.73 Å². The Labute approximate surface area is 101 Å². The van der Waals surface area contributed by atoms with Gasteiger partial charge in [-0.2, -0.15) is 5.10 Å². The van der Waals surface area contributed by atoms with Gasteiger partial charge in [0.25, 0.3) is 0 Å². The minimum Gasteiger partial charge on any atom is -0.330 e. The van der Waals surface area contributed by atoms with Gasteiger partial charge in [-0.1, -0.05) is 6.07 Å². The van der Waals surface area contributed by atoms with Gasteiger partial charge in [-0.15, -0.1) is 0 Å². The molecule has 0 atom stereocenters. The molecule has 2 rings (SSSR count). The maximum atomic E-state index is 13.6. The van der Waals surface area contributed by atoms with Crippen LogP contribution in [0.25, 0.3) is 5.69 Å². The van der Waals surface area contributed by atoms with Crippen LogP contribution in [0.3, 0.4) is 0 Å². The van der Waals surface area contributed by atoms with Crippen LogP contribution in [-0.4, -0.2) is 16.3 Å². The summed E-state index contributed by atoms with van der Waals surface area (Å²) in [5.74, 6) is -0.241. The third-order valence-electron chi connectivity index (χ3n) is 2.29. The molecular weight excluding hydrogens is 273 g/mol. The average molecular weight is 284 g/mol. The number of nitrogens with two attached hydrogens (primary N) is 1. The molecule has 0 bridgehead atoms. The lowest BCUT2D eigenvalue weighted by Gasteiger charge is -2.09. The van der Waals surface area contributed by atoms with Crippen LogP contribution in [0.1, 0.15) is 5.56 Å². The zero-order chi connectivity index (χ0) is 11.5. The molecule has 1 aromatic heterocycles. The lowest BCUT2D eigenvalue weighted by Crippen LogP contribution is -2.09. The first-order valence-electron chi connectivity index (χ1n) is 4.90. The minimum atomic E-state index is -0.241. The van der Waals surface area contributed by atoms with Crippen LogP contribution in [0.2, 0.25) is 0 Å². The zero-order valence-corrected chi connectivity index (χ0v) is 10.1. The Hall–Kier alpha value is -1.20. The molecule has 2 N–H and O–H groups in total. The Bertz CT molecular complexity index is 496. The topological polar surface area (TPSA) is 43.8 Å². The fourth-order valence-electron chi connectivity index (χ4n) is 1.59. The standard InChI is InChI=1S/C11H11BrFN3/c12-8-6-15-16(7-8)11-3-1-2-10(13)9(11)4-5-14/h1-3,6-7H,4-5,14H2. The van der Waals surface area contributed by atoms with Crippen LogP contribution < -0.4 is 5.73 Å². The molecule has 2 aromatic rings. The molecular formula is C11H11BrFN3. The number of halogens is 2. The Morgan fingerprint density at radius 1 is 1.44 bits per heavy atom. The summed E-state index contributed by atoms with van der Waals surface area (Å²) < 4.78 is 16.1. The predicted octanol–water partition coefficient (Wildman–Crippen LogP) is 2.28. The van der Waals surface area contributed by atoms with Gasteiger partial charge in [-0.3, -0.25) is 0 Å². The highest BCUT2D eigenvalue weighted by atomic mass is 79.9. The van der Waals surface area contributed by atoms with Crippen molar-refractivity contribution in [3.8, 4) is 5.69 Å². The SMILES string of the molecule is NCCc1c(F)cccc1-n1cc(Br)cn1. The normalized spacial score (nSPS) is 10.7. The van der Waals surface area contributed by atoms with Crippen molar-refractivity contribution in [3.05, 3.63) is 46.4 Å². The van der Waals surface area contributed by atoms with Gasteiger partial charge >= 0.3 is 0 Å². The van der Waals surface area contributed by atoms with E-state index in [0.717, 1.165) is 10.2 Å². The molecule has 0 aliphatic carbocycles. The highest BCUT2D eigenvalue weighted by molar-refractivity contribution is 9.10. The summed E-state index contributed by atoms with van der Waals surface area (Å²) in [5, 5.41) is 4.13. The fraction of sp³-hybridized carbons (Fsp3) is 0.182. The van der Waals surface area contributed by atoms with Gasteiger partial charge in [-0.25, -0.2) is 9.07 Å². The number of nitrogens with zero attached hydrogens (tertiary/aromatic N) is 2. The van der Waals surface area contributed by atoms with Gasteiger partial charge in [-0.05, 0) is 41.0 Å². The van der Waals surface area contributed by atoms with Crippen LogP contribution in [0.4, 0.5) is 4.39 Å². The maximum absolute atomic E-state index is 13.6. The van der Waals surface area contributed by atoms with Crippen molar-refractivity contribution in [3.63, 3.8) is 0 Å². The van der Waals surface area contributed by atoms with Crippen LogP contribution >= 0.6 is 15.9 Å². The molecule has 16 heavy (non-hydrogen) atoms. The van der Waals surface area contributed by atoms with E-state index >= 15 is 0 Å². The highest BCUT2D eigenvalue weighted by Gasteiger charge is 2.09. The summed E-state index contributed by atoms with van der Waals surface area (Å²) in [7, 11) is 0. The Morgan fingerprint density at radius 2 is 2.25 bits per heavy atom. The second-order valence-corrected chi connectivity index (χ2v) is 4.29. The molecule has 0 aliphatic rings. The van der Waals surface area contributed by atoms with Crippen molar-refractivity contribution >= 4 is 15.9 Å². The Morgan fingerprint density at radius 3 is 2.88 bits per heavy atom. The van der Waals surface area contributed by atoms with Crippen molar-refractivity contribution < 1.29 is 4.39 Å². The van der Waals surface area contributed by atoms with Crippen LogP contribution in [0, 0.1) is 5.82 Å². The quantitative estimate of drug-likeness (QED) is 0.939. The monoisotopic (exact) mass is 283 g/mol. The number of aromatic nitrogens is 2. The summed E-state index contributed by atoms with van der Waals surface area (Å²) in [6, 6.07) is 4.93. The molecule has 3 nitrogen and oxygen atoms in total. The van der Waals surface area contributed by atoms with Gasteiger partial charge in [0.05, 0.1) is 16.4 Å². The van der Waals surface area contributed by atoms with E-state index in [9.17, 15) is 4.39 Å². The van der Waals surface area contributed by atoms with E-state index in [0.29, 0.717) is 18.5 Å². The highest BCUT2D eigenvalue weighted by Crippen LogP contribution is 2.19. The maximum Gasteiger partial charge on any atom is 0.128 e. The van der Waals surface area contributed by atoms with E-state index in [1.54, 1.807) is 23.1 Å². The first kappa shape index (κ1) is 11.3. The average Bonchev–Trinajstić information content (AvgIpc) is 2.68. The Balaban J connectivity index is 2.51. The third kappa shape index (κ3) is 2.15. The van der Waals surface area contributed by atoms with E-state index in [-0.39, 0.29) is 5.82 Å². The van der Waals surface area contributed by atoms with Crippen LogP contribution in [0.15, 0.2) is 35.1 Å². The lowest BCUT2D eigenvalue weighted by atomic mass is 10.1. The fourth-order valence-corrected chi connectivity index (χ4v) is 1.87. The van der Waals surface area contributed by atoms with Crippen molar-refractivity contribution in [2.45, 2.75) is 6.42 Å². The molecule has 1 heterocycles. The summed E-state index contributed by atoms with van der Waals surface area (Å²) in [6.45, 7) is 0.413. The summed E-state index contributed by atoms with van der Waals surface area (Å²) in [6.07, 6.45) is 3.95. The molecule has 0 unspecified atom stereocenters. The number of rotatable bonds is 3. The second-order valence-electron chi connectivity index (χ2n) is 3.38. The van der Waals surface area contributed by atoms with Crippen LogP contribution in [-0.2, 0) is 6.42 Å². The van der Waals surface area contributed by atoms with E-state index in [1.807, 2.05) is 6.07 Å². The molecule has 0 saturated carbocycles. The van der Waals surface area contributed by atoms with E-state index in [2.05, 4.69) is 21.0 Å². The second kappa shape index (κ2) is 4.76. The number of hydrogen-bond donors (Lipinski definition) is 1. The predicted molar refractivity (Wildman–Crippen MR) is 64.0 cm³/mol. The molecule has 0 saturated heterocycles. The summed E-state index contributed by atoms with van der Waals surface area (Å²) in [5.41, 5.74) is 6.81. The molecule has 84 valence electrons. The first-order valence-corrected chi connectivity index (χ1v) is 5.69. The summed E-state index contributed by atoms with van der Waals surface area (Å²) >= 11 is 3.31. The first-order chi connectivity index (χ1) is 7.72. The smallest absolute Gasteiger partial charge is 0.128 e. The van der Waals surface area contributed by atoms with Crippen molar-refractivity contribution in [2.24, 2.45) is 5.73 Å².